The molecule has 1 saturated heterocycles. The summed E-state index contributed by atoms with van der Waals surface area (Å²) in [6, 6.07) is 8.82. The second-order valence-corrected chi connectivity index (χ2v) is 8.95. The lowest BCUT2D eigenvalue weighted by atomic mass is 10.1. The van der Waals surface area contributed by atoms with Gasteiger partial charge in [0.2, 0.25) is 0 Å². The van der Waals surface area contributed by atoms with Crippen molar-refractivity contribution in [3.63, 3.8) is 0 Å². The van der Waals surface area contributed by atoms with E-state index in [1.54, 1.807) is 35.0 Å². The fourth-order valence-corrected chi connectivity index (χ4v) is 5.12. The summed E-state index contributed by atoms with van der Waals surface area (Å²) in [5, 5.41) is 18.3. The zero-order valence-corrected chi connectivity index (χ0v) is 18.5. The standard InChI is InChI=1S/C24H20F2N6O3/c1-12-14-11-31(21(20(12)14)24(33)34)23-16(26)9-27-22(28-23)18-8-19(17-6-7-35-30-17)32(29-18)10-13-4-2-3-5-15(13)25/h2-9,12,14,20-21H,10-11H2,1H3,(H,33,34)/t12-,14?,20?,21?/m0/s1. The smallest absolute Gasteiger partial charge is 0.326 e. The van der Waals surface area contributed by atoms with Crippen molar-refractivity contribution in [2.24, 2.45) is 17.8 Å². The van der Waals surface area contributed by atoms with E-state index in [0.717, 1.165) is 6.20 Å². The monoisotopic (exact) mass is 478 g/mol. The minimum Gasteiger partial charge on any atom is -0.480 e. The topological polar surface area (TPSA) is 110 Å². The Labute approximate surface area is 198 Å². The second kappa shape index (κ2) is 7.97. The average molecular weight is 478 g/mol. The van der Waals surface area contributed by atoms with E-state index in [9.17, 15) is 18.7 Å². The number of carboxylic acids is 1. The summed E-state index contributed by atoms with van der Waals surface area (Å²) in [4.78, 5) is 21.9. The van der Waals surface area contributed by atoms with Crippen molar-refractivity contribution in [2.75, 3.05) is 11.4 Å². The molecular weight excluding hydrogens is 458 g/mol. The molecule has 4 atom stereocenters. The molecule has 2 aliphatic rings. The van der Waals surface area contributed by atoms with Gasteiger partial charge in [-0.05, 0) is 29.9 Å². The van der Waals surface area contributed by atoms with Gasteiger partial charge < -0.3 is 14.5 Å². The number of halogens is 2. The molecule has 1 aliphatic heterocycles. The van der Waals surface area contributed by atoms with Crippen LogP contribution in [-0.2, 0) is 11.3 Å². The SMILES string of the molecule is C[C@H]1C2CN(c3nc(-c4cc(-c5ccon5)n(Cc5ccccc5F)n4)ncc3F)C(C(=O)O)C21. The van der Waals surface area contributed by atoms with Crippen molar-refractivity contribution >= 4 is 11.8 Å². The number of hydrogen-bond acceptors (Lipinski definition) is 7. The Morgan fingerprint density at radius 1 is 1.20 bits per heavy atom. The summed E-state index contributed by atoms with van der Waals surface area (Å²) in [5.74, 6) is -1.55. The van der Waals surface area contributed by atoms with Gasteiger partial charge in [0.1, 0.15) is 29.5 Å². The Morgan fingerprint density at radius 2 is 2.03 bits per heavy atom. The van der Waals surface area contributed by atoms with E-state index in [1.165, 1.54) is 17.2 Å². The molecule has 0 bridgehead atoms. The predicted molar refractivity (Wildman–Crippen MR) is 119 cm³/mol. The first-order valence-corrected chi connectivity index (χ1v) is 11.2. The molecule has 35 heavy (non-hydrogen) atoms. The highest BCUT2D eigenvalue weighted by Gasteiger charge is 2.62. The number of rotatable bonds is 6. The lowest BCUT2D eigenvalue weighted by Crippen LogP contribution is -2.41. The first kappa shape index (κ1) is 21.4. The third kappa shape index (κ3) is 3.54. The van der Waals surface area contributed by atoms with Gasteiger partial charge in [0.15, 0.2) is 17.5 Å². The maximum absolute atomic E-state index is 14.8. The van der Waals surface area contributed by atoms with Crippen LogP contribution in [0.1, 0.15) is 12.5 Å². The molecule has 4 aromatic rings. The highest BCUT2D eigenvalue weighted by molar-refractivity contribution is 5.80. The van der Waals surface area contributed by atoms with E-state index in [2.05, 4.69) is 20.2 Å². The zero-order valence-electron chi connectivity index (χ0n) is 18.5. The molecule has 0 spiro atoms. The van der Waals surface area contributed by atoms with Crippen molar-refractivity contribution in [1.82, 2.24) is 24.9 Å². The minimum absolute atomic E-state index is 0.0240. The second-order valence-electron chi connectivity index (χ2n) is 8.95. The zero-order chi connectivity index (χ0) is 24.3. The molecule has 4 heterocycles. The number of piperidine rings is 1. The van der Waals surface area contributed by atoms with Crippen LogP contribution in [0.25, 0.3) is 22.9 Å². The van der Waals surface area contributed by atoms with Crippen molar-refractivity contribution < 1.29 is 23.2 Å². The number of carboxylic acid groups (broad SMARTS) is 1. The van der Waals surface area contributed by atoms with Gasteiger partial charge in [-0.15, -0.1) is 0 Å². The lowest BCUT2D eigenvalue weighted by molar-refractivity contribution is -0.138. The minimum atomic E-state index is -0.996. The highest BCUT2D eigenvalue weighted by Crippen LogP contribution is 2.56. The van der Waals surface area contributed by atoms with Gasteiger partial charge in [0.25, 0.3) is 0 Å². The molecule has 1 aliphatic carbocycles. The lowest BCUT2D eigenvalue weighted by Gasteiger charge is -2.26. The molecule has 1 N–H and O–H groups in total. The van der Waals surface area contributed by atoms with Gasteiger partial charge >= 0.3 is 5.97 Å². The van der Waals surface area contributed by atoms with Crippen LogP contribution >= 0.6 is 0 Å². The molecule has 0 amide bonds. The Kier molecular flexibility index (Phi) is 4.87. The van der Waals surface area contributed by atoms with E-state index in [0.29, 0.717) is 29.2 Å². The number of hydrogen-bond donors (Lipinski definition) is 1. The van der Waals surface area contributed by atoms with Gasteiger partial charge in [0.05, 0.1) is 18.4 Å². The van der Waals surface area contributed by atoms with Gasteiger partial charge in [-0.3, -0.25) is 4.68 Å². The van der Waals surface area contributed by atoms with Crippen molar-refractivity contribution in [3.05, 3.63) is 66.1 Å². The Hall–Kier alpha value is -4.15. The summed E-state index contributed by atoms with van der Waals surface area (Å²) in [6.07, 6.45) is 2.43. The first-order chi connectivity index (χ1) is 16.9. The van der Waals surface area contributed by atoms with Crippen LogP contribution in [0.5, 0.6) is 0 Å². The molecule has 3 unspecified atom stereocenters. The van der Waals surface area contributed by atoms with Gasteiger partial charge in [-0.25, -0.2) is 23.5 Å². The highest BCUT2D eigenvalue weighted by atomic mass is 19.1. The van der Waals surface area contributed by atoms with Crippen LogP contribution in [0.15, 0.2) is 53.4 Å². The molecule has 1 saturated carbocycles. The van der Waals surface area contributed by atoms with Crippen LogP contribution in [0.2, 0.25) is 0 Å². The van der Waals surface area contributed by atoms with Gasteiger partial charge in [-0.2, -0.15) is 5.10 Å². The molecule has 11 heteroatoms. The predicted octanol–water partition coefficient (Wildman–Crippen LogP) is 3.48. The third-order valence-electron chi connectivity index (χ3n) is 6.98. The van der Waals surface area contributed by atoms with Gasteiger partial charge in [0, 0.05) is 18.2 Å². The van der Waals surface area contributed by atoms with Crippen LogP contribution in [0.3, 0.4) is 0 Å². The van der Waals surface area contributed by atoms with E-state index in [-0.39, 0.29) is 41.8 Å². The van der Waals surface area contributed by atoms with Crippen molar-refractivity contribution in [3.8, 4) is 22.9 Å². The van der Waals surface area contributed by atoms with E-state index < -0.39 is 17.8 Å². The van der Waals surface area contributed by atoms with E-state index >= 15 is 0 Å². The summed E-state index contributed by atoms with van der Waals surface area (Å²) in [7, 11) is 0. The number of anilines is 1. The summed E-state index contributed by atoms with van der Waals surface area (Å²) in [6.45, 7) is 2.54. The molecule has 178 valence electrons. The number of benzene rings is 1. The Morgan fingerprint density at radius 3 is 2.77 bits per heavy atom. The maximum atomic E-state index is 14.8. The number of aliphatic carboxylic acids is 1. The van der Waals surface area contributed by atoms with E-state index in [1.807, 2.05) is 6.92 Å². The van der Waals surface area contributed by atoms with Gasteiger partial charge in [-0.1, -0.05) is 30.3 Å². The third-order valence-corrected chi connectivity index (χ3v) is 6.98. The van der Waals surface area contributed by atoms with Crippen LogP contribution in [0.4, 0.5) is 14.6 Å². The number of carbonyl (C=O) groups is 1. The quantitative estimate of drug-likeness (QED) is 0.449. The maximum Gasteiger partial charge on any atom is 0.326 e. The van der Waals surface area contributed by atoms with Crippen LogP contribution < -0.4 is 4.90 Å². The molecular formula is C24H20F2N6O3. The molecule has 3 aromatic heterocycles. The average Bonchev–Trinajstić information content (AvgIpc) is 3.34. The molecule has 2 fully saturated rings. The largest absolute Gasteiger partial charge is 0.480 e. The number of fused-ring (bicyclic) bond motifs is 1. The van der Waals surface area contributed by atoms with Crippen LogP contribution in [-0.4, -0.2) is 48.6 Å². The fourth-order valence-electron chi connectivity index (χ4n) is 5.12. The van der Waals surface area contributed by atoms with Crippen molar-refractivity contribution in [1.29, 1.82) is 0 Å². The first-order valence-electron chi connectivity index (χ1n) is 11.2. The van der Waals surface area contributed by atoms with Crippen molar-refractivity contribution in [2.45, 2.75) is 19.5 Å². The van der Waals surface area contributed by atoms with E-state index in [4.69, 9.17) is 4.52 Å². The summed E-state index contributed by atoms with van der Waals surface area (Å²) in [5.41, 5.74) is 1.74. The summed E-state index contributed by atoms with van der Waals surface area (Å²) < 4.78 is 35.6. The molecule has 9 nitrogen and oxygen atoms in total. The fraction of sp³-hybridized carbons (Fsp3) is 0.292. The summed E-state index contributed by atoms with van der Waals surface area (Å²) >= 11 is 0. The molecule has 6 rings (SSSR count). The molecule has 1 aromatic carbocycles. The number of aromatic nitrogens is 5. The number of nitrogens with zero attached hydrogens (tertiary/aromatic N) is 6. The Balaban J connectivity index is 1.39. The van der Waals surface area contributed by atoms with Crippen LogP contribution in [0, 0.1) is 29.4 Å². The Bertz CT molecular complexity index is 1420. The molecule has 0 radical (unpaired) electrons. The normalized spacial score (nSPS) is 22.9.